The van der Waals surface area contributed by atoms with Crippen molar-refractivity contribution in [1.29, 1.82) is 0 Å². The predicted octanol–water partition coefficient (Wildman–Crippen LogP) is 5.77. The van der Waals surface area contributed by atoms with Gasteiger partial charge >= 0.3 is 47.6 Å². The van der Waals surface area contributed by atoms with E-state index >= 15 is 0 Å². The summed E-state index contributed by atoms with van der Waals surface area (Å²) >= 11 is 0. The minimum absolute atomic E-state index is 0.195. The molecule has 0 atom stereocenters. The van der Waals surface area contributed by atoms with Crippen LogP contribution in [0.3, 0.4) is 0 Å². The fourth-order valence-electron chi connectivity index (χ4n) is 1.47. The maximum Gasteiger partial charge on any atom is 0.460 e. The Morgan fingerprint density at radius 2 is 0.677 bits per heavy atom. The molecule has 18 heteroatoms. The van der Waals surface area contributed by atoms with E-state index < -0.39 is 53.2 Å². The summed E-state index contributed by atoms with van der Waals surface area (Å²) < 4.78 is 220. The zero-order chi connectivity index (χ0) is 25.9. The first-order chi connectivity index (χ1) is 13.0. The number of hydrogen-bond acceptors (Lipinski definition) is 1. The Labute approximate surface area is 160 Å². The molecule has 1 N–H and O–H groups in total. The van der Waals surface area contributed by atoms with Crippen molar-refractivity contribution < 1.29 is 79.7 Å². The smallest absolute Gasteiger partial charge is 0.378 e. The van der Waals surface area contributed by atoms with Crippen molar-refractivity contribution >= 4 is 0 Å². The fraction of sp³-hybridized carbons (Fsp3) is 0.846. The molecule has 0 amide bonds. The summed E-state index contributed by atoms with van der Waals surface area (Å²) in [7, 11) is 0. The molecule has 0 aliphatic rings. The summed E-state index contributed by atoms with van der Waals surface area (Å²) in [6.45, 7) is 0.879. The van der Waals surface area contributed by atoms with Gasteiger partial charge in [0.2, 0.25) is 0 Å². The van der Waals surface area contributed by atoms with E-state index in [9.17, 15) is 74.6 Å². The second-order valence-corrected chi connectivity index (χ2v) is 6.33. The van der Waals surface area contributed by atoms with Crippen molar-refractivity contribution in [3.8, 4) is 11.8 Å². The van der Waals surface area contributed by atoms with Gasteiger partial charge in [0, 0.05) is 0 Å². The van der Waals surface area contributed by atoms with Crippen LogP contribution in [-0.2, 0) is 0 Å². The van der Waals surface area contributed by atoms with Gasteiger partial charge in [-0.05, 0) is 19.8 Å². The number of aliphatic hydroxyl groups is 1. The molecule has 0 radical (unpaired) electrons. The fourth-order valence-corrected chi connectivity index (χ4v) is 1.47. The third kappa shape index (κ3) is 4.21. The van der Waals surface area contributed by atoms with Gasteiger partial charge in [-0.25, -0.2) is 0 Å². The number of alkyl halides is 17. The predicted molar refractivity (Wildman–Crippen MR) is 64.8 cm³/mol. The molecule has 0 aromatic rings. The molecule has 0 unspecified atom stereocenters. The van der Waals surface area contributed by atoms with E-state index in [1.54, 1.807) is 0 Å². The molecular weight excluding hydrogens is 495 g/mol. The average molecular weight is 502 g/mol. The van der Waals surface area contributed by atoms with Gasteiger partial charge in [-0.2, -0.15) is 74.6 Å². The van der Waals surface area contributed by atoms with Crippen molar-refractivity contribution in [2.24, 2.45) is 0 Å². The quantitative estimate of drug-likeness (QED) is 0.362. The first-order valence-electron chi connectivity index (χ1n) is 6.94. The van der Waals surface area contributed by atoms with Crippen LogP contribution in [0, 0.1) is 11.8 Å². The third-order valence-electron chi connectivity index (χ3n) is 3.25. The molecule has 0 heterocycles. The van der Waals surface area contributed by atoms with Gasteiger partial charge in [0.1, 0.15) is 5.60 Å². The number of hydrogen-bond donors (Lipinski definition) is 1. The lowest BCUT2D eigenvalue weighted by atomic mass is 9.89. The molecule has 184 valence electrons. The van der Waals surface area contributed by atoms with Gasteiger partial charge in [0.05, 0.1) is 0 Å². The summed E-state index contributed by atoms with van der Waals surface area (Å²) in [4.78, 5) is 0. The molecular formula is C13H7F17O. The third-order valence-corrected chi connectivity index (χ3v) is 3.25. The normalized spacial score (nSPS) is 16.1. The summed E-state index contributed by atoms with van der Waals surface area (Å²) in [6, 6.07) is 0. The Hall–Kier alpha value is -1.67. The van der Waals surface area contributed by atoms with E-state index in [0.29, 0.717) is 19.8 Å². The van der Waals surface area contributed by atoms with Crippen molar-refractivity contribution in [1.82, 2.24) is 0 Å². The highest BCUT2D eigenvalue weighted by Gasteiger charge is 2.95. The van der Waals surface area contributed by atoms with Crippen LogP contribution in [0.2, 0.25) is 0 Å². The van der Waals surface area contributed by atoms with Gasteiger partial charge in [-0.1, -0.05) is 5.92 Å². The Morgan fingerprint density at radius 3 is 0.935 bits per heavy atom. The molecule has 1 nitrogen and oxygen atoms in total. The molecule has 0 spiro atoms. The van der Waals surface area contributed by atoms with Crippen LogP contribution < -0.4 is 0 Å². The van der Waals surface area contributed by atoms with Crippen LogP contribution in [0.1, 0.15) is 13.8 Å². The van der Waals surface area contributed by atoms with Gasteiger partial charge in [-0.3, -0.25) is 0 Å². The van der Waals surface area contributed by atoms with E-state index in [0.717, 1.165) is 0 Å². The second kappa shape index (κ2) is 7.17. The summed E-state index contributed by atoms with van der Waals surface area (Å²) in [5.41, 5.74) is -2.72. The van der Waals surface area contributed by atoms with E-state index in [-0.39, 0.29) is 5.92 Å². The molecule has 0 saturated carbocycles. The Balaban J connectivity index is 6.79. The molecule has 0 aliphatic heterocycles. The minimum atomic E-state index is -8.67. The number of halogens is 17. The maximum absolute atomic E-state index is 13.4. The lowest BCUT2D eigenvalue weighted by Gasteiger charge is -2.42. The summed E-state index contributed by atoms with van der Waals surface area (Å²) in [5, 5.41) is 8.91. The lowest BCUT2D eigenvalue weighted by Crippen LogP contribution is -2.74. The van der Waals surface area contributed by atoms with Crippen LogP contribution in [-0.4, -0.2) is 58.3 Å². The van der Waals surface area contributed by atoms with Crippen LogP contribution in [0.5, 0.6) is 0 Å². The molecule has 0 bridgehead atoms. The standard InChI is InChI=1S/C13H7F17O/c1-5(2,31)3-4-6(14,15)7(16,17)8(18,19)9(20,21)10(22,23)11(24,25)12(26,27)13(28,29)30/h31H,1-2H3. The molecule has 0 fully saturated rings. The molecule has 0 aromatic heterocycles. The van der Waals surface area contributed by atoms with E-state index in [1.165, 1.54) is 0 Å². The van der Waals surface area contributed by atoms with Gasteiger partial charge in [-0.15, -0.1) is 0 Å². The van der Waals surface area contributed by atoms with Gasteiger partial charge in [0.15, 0.2) is 0 Å². The largest absolute Gasteiger partial charge is 0.460 e. The topological polar surface area (TPSA) is 20.2 Å². The Morgan fingerprint density at radius 1 is 0.419 bits per heavy atom. The van der Waals surface area contributed by atoms with E-state index in [4.69, 9.17) is 5.11 Å². The monoisotopic (exact) mass is 502 g/mol. The SMILES string of the molecule is CC(C)(O)C#CC(F)(F)C(F)(F)C(F)(F)C(F)(F)C(F)(F)C(F)(F)C(F)(F)C(F)(F)F. The van der Waals surface area contributed by atoms with Crippen molar-refractivity contribution in [3.63, 3.8) is 0 Å². The number of rotatable bonds is 6. The van der Waals surface area contributed by atoms with Crippen LogP contribution in [0.15, 0.2) is 0 Å². The molecule has 31 heavy (non-hydrogen) atoms. The average Bonchev–Trinajstić information content (AvgIpc) is 2.50. The highest BCUT2D eigenvalue weighted by atomic mass is 19.4. The minimum Gasteiger partial charge on any atom is -0.378 e. The van der Waals surface area contributed by atoms with Crippen molar-refractivity contribution in [3.05, 3.63) is 0 Å². The Bertz CT molecular complexity index is 728. The molecule has 0 aromatic carbocycles. The lowest BCUT2D eigenvalue weighted by molar-refractivity contribution is -0.459. The van der Waals surface area contributed by atoms with Crippen LogP contribution in [0.25, 0.3) is 0 Å². The molecule has 0 saturated heterocycles. The van der Waals surface area contributed by atoms with Crippen LogP contribution in [0.4, 0.5) is 74.6 Å². The van der Waals surface area contributed by atoms with E-state index in [1.807, 2.05) is 0 Å². The summed E-state index contributed by atoms with van der Waals surface area (Å²) in [5.74, 6) is -56.6. The van der Waals surface area contributed by atoms with E-state index in [2.05, 4.69) is 0 Å². The first-order valence-corrected chi connectivity index (χ1v) is 6.94. The molecule has 0 rings (SSSR count). The van der Waals surface area contributed by atoms with Crippen molar-refractivity contribution in [2.75, 3.05) is 0 Å². The highest BCUT2D eigenvalue weighted by Crippen LogP contribution is 2.63. The first kappa shape index (κ1) is 29.3. The zero-order valence-electron chi connectivity index (χ0n) is 14.4. The van der Waals surface area contributed by atoms with Crippen LogP contribution >= 0.6 is 0 Å². The molecule has 0 aliphatic carbocycles. The second-order valence-electron chi connectivity index (χ2n) is 6.33. The maximum atomic E-state index is 13.4. The summed E-state index contributed by atoms with van der Waals surface area (Å²) in [6.07, 6.45) is -7.80. The zero-order valence-corrected chi connectivity index (χ0v) is 14.4. The van der Waals surface area contributed by atoms with Gasteiger partial charge in [0.25, 0.3) is 0 Å². The van der Waals surface area contributed by atoms with Gasteiger partial charge < -0.3 is 5.11 Å². The Kier molecular flexibility index (Phi) is 6.78. The highest BCUT2D eigenvalue weighted by molar-refractivity contribution is 5.24. The van der Waals surface area contributed by atoms with Crippen molar-refractivity contribution in [2.45, 2.75) is 67.1 Å².